The molecule has 206 valence electrons. The van der Waals surface area contributed by atoms with E-state index in [2.05, 4.69) is 4.98 Å². The molecule has 3 heterocycles. The first-order chi connectivity index (χ1) is 17.3. The van der Waals surface area contributed by atoms with Crippen molar-refractivity contribution in [3.05, 3.63) is 81.3 Å². The zero-order chi connectivity index (χ0) is 27.1. The summed E-state index contributed by atoms with van der Waals surface area (Å²) in [5.74, 6) is -0.632. The van der Waals surface area contributed by atoms with Crippen molar-refractivity contribution in [2.75, 3.05) is 12.9 Å². The van der Waals surface area contributed by atoms with Gasteiger partial charge in [0.15, 0.2) is 0 Å². The maximum Gasteiger partial charge on any atom is 0.416 e. The van der Waals surface area contributed by atoms with E-state index in [1.54, 1.807) is 10.8 Å². The number of halogens is 3. The Morgan fingerprint density at radius 2 is 1.87 bits per heavy atom. The molecule has 0 bridgehead atoms. The number of alkyl halides is 3. The van der Waals surface area contributed by atoms with Crippen molar-refractivity contribution in [2.24, 2.45) is 0 Å². The Bertz CT molecular complexity index is 1520. The first kappa shape index (κ1) is 29.5. The van der Waals surface area contributed by atoms with Gasteiger partial charge in [0.1, 0.15) is 11.4 Å². The van der Waals surface area contributed by atoms with Crippen molar-refractivity contribution >= 4 is 29.5 Å². The number of hydrogen-bond donors (Lipinski definition) is 0. The van der Waals surface area contributed by atoms with Crippen LogP contribution in [0.3, 0.4) is 0 Å². The molecule has 1 unspecified atom stereocenters. The van der Waals surface area contributed by atoms with Gasteiger partial charge in [0, 0.05) is 19.3 Å². The number of aromatic nitrogens is 3. The number of pyridine rings is 1. The number of imidazole rings is 1. The van der Waals surface area contributed by atoms with Crippen LogP contribution in [0, 0.1) is 6.92 Å². The number of amides is 1. The van der Waals surface area contributed by atoms with E-state index in [4.69, 9.17) is 4.18 Å². The molecule has 1 aliphatic heterocycles. The third-order valence-electron chi connectivity index (χ3n) is 6.04. The number of carbonyl (C=O) groups is 1. The van der Waals surface area contributed by atoms with Gasteiger partial charge in [-0.25, -0.2) is 4.98 Å². The molecular weight excluding hydrogens is 545 g/mol. The van der Waals surface area contributed by atoms with E-state index in [9.17, 15) is 31.2 Å². The quantitative estimate of drug-likeness (QED) is 0.404. The highest BCUT2D eigenvalue weighted by Crippen LogP contribution is 2.31. The Balaban J connectivity index is 0.00000400. The molecule has 0 saturated heterocycles. The van der Waals surface area contributed by atoms with Crippen LogP contribution in [0.1, 0.15) is 39.8 Å². The van der Waals surface area contributed by atoms with E-state index >= 15 is 0 Å². The van der Waals surface area contributed by atoms with Gasteiger partial charge >= 0.3 is 6.18 Å². The Morgan fingerprint density at radius 1 is 1.16 bits per heavy atom. The molecule has 3 aromatic rings. The second-order valence-corrected chi connectivity index (χ2v) is 10.6. The van der Waals surface area contributed by atoms with Crippen molar-refractivity contribution in [1.29, 1.82) is 0 Å². The van der Waals surface area contributed by atoms with Crippen LogP contribution in [0.4, 0.5) is 13.2 Å². The fourth-order valence-corrected chi connectivity index (χ4v) is 4.70. The minimum atomic E-state index is -4.58. The highest BCUT2D eigenvalue weighted by Gasteiger charge is 2.36. The first-order valence-electron chi connectivity index (χ1n) is 11.4. The standard InChI is InChI=1S/C24H25F3N4O5S.H2S/c1-4-18-11-29(14-28-18)20-5-6-21-23(33)30(10-16-7-15(2)8-17(9-16)24(25,26)27)19(12-31(21)22(20)32)13-36-37(3,34)35;/h5-9,11,14,19H,4,10,12-13H2,1-3H3;1H2. The molecule has 0 saturated carbocycles. The van der Waals surface area contributed by atoms with Crippen LogP contribution >= 0.6 is 13.5 Å². The molecule has 4 rings (SSSR count). The van der Waals surface area contributed by atoms with Crippen molar-refractivity contribution in [3.8, 4) is 5.69 Å². The van der Waals surface area contributed by atoms with Gasteiger partial charge in [0.05, 0.1) is 36.5 Å². The molecule has 1 amide bonds. The van der Waals surface area contributed by atoms with E-state index in [0.29, 0.717) is 12.0 Å². The van der Waals surface area contributed by atoms with Gasteiger partial charge in [-0.15, -0.1) is 0 Å². The molecule has 1 aromatic carbocycles. The van der Waals surface area contributed by atoms with Crippen LogP contribution in [0.25, 0.3) is 5.69 Å². The zero-order valence-electron chi connectivity index (χ0n) is 20.8. The van der Waals surface area contributed by atoms with Gasteiger partial charge in [-0.1, -0.05) is 18.6 Å². The Labute approximate surface area is 224 Å². The lowest BCUT2D eigenvalue weighted by molar-refractivity contribution is -0.137. The zero-order valence-corrected chi connectivity index (χ0v) is 22.6. The molecule has 38 heavy (non-hydrogen) atoms. The van der Waals surface area contributed by atoms with E-state index < -0.39 is 46.0 Å². The normalized spacial score (nSPS) is 15.8. The maximum absolute atomic E-state index is 13.5. The van der Waals surface area contributed by atoms with Crippen molar-refractivity contribution < 1.29 is 30.6 Å². The summed E-state index contributed by atoms with van der Waals surface area (Å²) in [5, 5.41) is 0. The van der Waals surface area contributed by atoms with Crippen molar-refractivity contribution in [3.63, 3.8) is 0 Å². The van der Waals surface area contributed by atoms with E-state index in [0.717, 1.165) is 24.1 Å². The fraction of sp³-hybridized carbons (Fsp3) is 0.375. The topological polar surface area (TPSA) is 103 Å². The number of nitrogens with zero attached hydrogens (tertiary/aromatic N) is 4. The van der Waals surface area contributed by atoms with Crippen LogP contribution in [-0.4, -0.2) is 52.2 Å². The summed E-state index contributed by atoms with van der Waals surface area (Å²) in [6.45, 7) is 2.61. The molecule has 0 radical (unpaired) electrons. The minimum absolute atomic E-state index is 0. The average Bonchev–Trinajstić information content (AvgIpc) is 3.28. The lowest BCUT2D eigenvalue weighted by Gasteiger charge is -2.37. The Kier molecular flexibility index (Phi) is 8.48. The molecule has 9 nitrogen and oxygen atoms in total. The smallest absolute Gasteiger partial charge is 0.326 e. The van der Waals surface area contributed by atoms with Gasteiger partial charge in [-0.2, -0.15) is 35.1 Å². The maximum atomic E-state index is 13.5. The summed E-state index contributed by atoms with van der Waals surface area (Å²) in [6, 6.07) is 5.47. The molecule has 0 aliphatic carbocycles. The SMILES string of the molecule is CCc1cn(-c2ccc3n(c2=O)CC(COS(C)(=O)=O)N(Cc2cc(C)cc(C(F)(F)F)c2)C3=O)cn1.S. The van der Waals surface area contributed by atoms with E-state index in [1.807, 2.05) is 6.92 Å². The van der Waals surface area contributed by atoms with Crippen LogP contribution in [0.2, 0.25) is 0 Å². The van der Waals surface area contributed by atoms with Gasteiger partial charge in [0.25, 0.3) is 21.6 Å². The predicted molar refractivity (Wildman–Crippen MR) is 138 cm³/mol. The molecule has 14 heteroatoms. The molecule has 1 atom stereocenters. The number of hydrogen-bond acceptors (Lipinski definition) is 6. The van der Waals surface area contributed by atoms with E-state index in [-0.39, 0.29) is 43.5 Å². The van der Waals surface area contributed by atoms with Crippen molar-refractivity contribution in [2.45, 2.75) is 45.6 Å². The van der Waals surface area contributed by atoms with Gasteiger partial charge in [-0.05, 0) is 43.2 Å². The molecule has 1 aliphatic rings. The fourth-order valence-electron chi connectivity index (χ4n) is 4.29. The molecule has 0 spiro atoms. The van der Waals surface area contributed by atoms with E-state index in [1.165, 1.54) is 40.9 Å². The molecule has 0 N–H and O–H groups in total. The predicted octanol–water partition coefficient (Wildman–Crippen LogP) is 3.04. The lowest BCUT2D eigenvalue weighted by atomic mass is 10.0. The monoisotopic (exact) mass is 572 g/mol. The number of fused-ring (bicyclic) bond motifs is 1. The largest absolute Gasteiger partial charge is 0.416 e. The second kappa shape index (κ2) is 10.9. The summed E-state index contributed by atoms with van der Waals surface area (Å²) >= 11 is 0. The summed E-state index contributed by atoms with van der Waals surface area (Å²) in [6.07, 6.45) is 0.112. The third-order valence-corrected chi connectivity index (χ3v) is 6.60. The summed E-state index contributed by atoms with van der Waals surface area (Å²) in [5.41, 5.74) is 0.250. The number of benzene rings is 1. The lowest BCUT2D eigenvalue weighted by Crippen LogP contribution is -2.52. The summed E-state index contributed by atoms with van der Waals surface area (Å²) in [7, 11) is -3.90. The number of aryl methyl sites for hydroxylation is 2. The van der Waals surface area contributed by atoms with Crippen LogP contribution in [-0.2, 0) is 40.0 Å². The Morgan fingerprint density at radius 3 is 2.47 bits per heavy atom. The molecular formula is C24H27F3N4O5S2. The molecule has 2 aromatic heterocycles. The Hall–Kier alpha value is -3.10. The first-order valence-corrected chi connectivity index (χ1v) is 13.2. The minimum Gasteiger partial charge on any atom is -0.326 e. The highest BCUT2D eigenvalue weighted by molar-refractivity contribution is 7.85. The highest BCUT2D eigenvalue weighted by atomic mass is 32.2. The van der Waals surface area contributed by atoms with Crippen molar-refractivity contribution in [1.82, 2.24) is 19.0 Å². The van der Waals surface area contributed by atoms with Gasteiger partial charge in [-0.3, -0.25) is 18.3 Å². The summed E-state index contributed by atoms with van der Waals surface area (Å²) in [4.78, 5) is 32.3. The van der Waals surface area contributed by atoms with Crippen LogP contribution in [0.15, 0.2) is 47.7 Å². The molecule has 0 fully saturated rings. The van der Waals surface area contributed by atoms with Gasteiger partial charge in [0.2, 0.25) is 0 Å². The number of carbonyl (C=O) groups excluding carboxylic acids is 1. The number of rotatable bonds is 7. The summed E-state index contributed by atoms with van der Waals surface area (Å²) < 4.78 is 71.1. The van der Waals surface area contributed by atoms with Crippen LogP contribution in [0.5, 0.6) is 0 Å². The van der Waals surface area contributed by atoms with Gasteiger partial charge < -0.3 is 9.47 Å². The van der Waals surface area contributed by atoms with Crippen LogP contribution < -0.4 is 5.56 Å². The second-order valence-electron chi connectivity index (χ2n) is 8.93. The average molecular weight is 573 g/mol. The third kappa shape index (κ3) is 6.30.